The third-order valence-electron chi connectivity index (χ3n) is 2.17. The lowest BCUT2D eigenvalue weighted by molar-refractivity contribution is -0.121. The van der Waals surface area contributed by atoms with Crippen LogP contribution in [0, 0.1) is 0 Å². The molecular formula is C13H18BrNO2. The minimum absolute atomic E-state index is 0.0713. The third-order valence-corrected chi connectivity index (χ3v) is 2.57. The Morgan fingerprint density at radius 3 is 2.53 bits per heavy atom. The summed E-state index contributed by atoms with van der Waals surface area (Å²) in [5, 5.41) is 3.74. The highest BCUT2D eigenvalue weighted by atomic mass is 79.9. The van der Waals surface area contributed by atoms with Gasteiger partial charge in [0.1, 0.15) is 6.61 Å². The molecule has 0 bridgehead atoms. The molecule has 0 spiro atoms. The van der Waals surface area contributed by atoms with Crippen LogP contribution in [0.4, 0.5) is 5.69 Å². The van der Waals surface area contributed by atoms with Crippen LogP contribution in [0.2, 0.25) is 0 Å². The molecule has 0 radical (unpaired) electrons. The number of carbonyl (C=O) groups excluding carboxylic acids is 1. The van der Waals surface area contributed by atoms with Gasteiger partial charge in [-0.3, -0.25) is 4.79 Å². The van der Waals surface area contributed by atoms with Crippen LogP contribution in [-0.2, 0) is 16.0 Å². The smallest absolute Gasteiger partial charge is 0.250 e. The molecule has 17 heavy (non-hydrogen) atoms. The van der Waals surface area contributed by atoms with Crippen molar-refractivity contribution < 1.29 is 9.53 Å². The summed E-state index contributed by atoms with van der Waals surface area (Å²) >= 11 is 3.39. The molecule has 0 aromatic heterocycles. The minimum Gasteiger partial charge on any atom is -0.369 e. The van der Waals surface area contributed by atoms with Crippen molar-refractivity contribution in [1.82, 2.24) is 0 Å². The van der Waals surface area contributed by atoms with Crippen LogP contribution >= 0.6 is 15.9 Å². The van der Waals surface area contributed by atoms with Crippen LogP contribution in [0.5, 0.6) is 0 Å². The highest BCUT2D eigenvalue weighted by molar-refractivity contribution is 9.09. The van der Waals surface area contributed by atoms with Gasteiger partial charge in [-0.15, -0.1) is 0 Å². The van der Waals surface area contributed by atoms with Crippen molar-refractivity contribution in [2.24, 2.45) is 0 Å². The van der Waals surface area contributed by atoms with Crippen LogP contribution in [0.1, 0.15) is 19.4 Å². The van der Waals surface area contributed by atoms with Gasteiger partial charge >= 0.3 is 0 Å². The van der Waals surface area contributed by atoms with Crippen molar-refractivity contribution in [3.63, 3.8) is 0 Å². The molecule has 0 fully saturated rings. The first kappa shape index (κ1) is 14.2. The lowest BCUT2D eigenvalue weighted by atomic mass is 10.1. The van der Waals surface area contributed by atoms with Gasteiger partial charge in [-0.25, -0.2) is 0 Å². The van der Waals surface area contributed by atoms with E-state index in [1.165, 1.54) is 5.56 Å². The van der Waals surface area contributed by atoms with Crippen molar-refractivity contribution in [2.45, 2.75) is 26.4 Å². The van der Waals surface area contributed by atoms with Gasteiger partial charge in [0.25, 0.3) is 0 Å². The molecule has 0 aliphatic carbocycles. The largest absolute Gasteiger partial charge is 0.369 e. The van der Waals surface area contributed by atoms with Crippen molar-refractivity contribution in [3.8, 4) is 0 Å². The average Bonchev–Trinajstić information content (AvgIpc) is 2.29. The fourth-order valence-corrected chi connectivity index (χ4v) is 1.76. The Balaban J connectivity index is 2.43. The Hall–Kier alpha value is -0.870. The molecule has 94 valence electrons. The van der Waals surface area contributed by atoms with E-state index in [4.69, 9.17) is 4.74 Å². The number of rotatable bonds is 6. The first-order valence-corrected chi connectivity index (χ1v) is 6.80. The van der Waals surface area contributed by atoms with Gasteiger partial charge in [0, 0.05) is 11.0 Å². The van der Waals surface area contributed by atoms with Gasteiger partial charge in [0.2, 0.25) is 5.91 Å². The molecule has 1 amide bonds. The molecule has 1 aromatic carbocycles. The van der Waals surface area contributed by atoms with Gasteiger partial charge in [0.15, 0.2) is 0 Å². The standard InChI is InChI=1S/C13H18BrNO2/c1-10(2)17-9-13(16)15-12-5-3-11(4-6-12)7-8-14/h3-6,10H,7-9H2,1-2H3,(H,15,16). The molecular weight excluding hydrogens is 282 g/mol. The Labute approximate surface area is 111 Å². The molecule has 4 heteroatoms. The molecule has 0 heterocycles. The Kier molecular flexibility index (Phi) is 6.22. The van der Waals surface area contributed by atoms with Crippen LogP contribution in [-0.4, -0.2) is 23.9 Å². The van der Waals surface area contributed by atoms with Gasteiger partial charge < -0.3 is 10.1 Å². The van der Waals surface area contributed by atoms with Crippen LogP contribution in [0.15, 0.2) is 24.3 Å². The molecule has 3 nitrogen and oxygen atoms in total. The number of carbonyl (C=O) groups is 1. The van der Waals surface area contributed by atoms with E-state index < -0.39 is 0 Å². The number of nitrogens with one attached hydrogen (secondary N) is 1. The Morgan fingerprint density at radius 1 is 1.35 bits per heavy atom. The lowest BCUT2D eigenvalue weighted by Gasteiger charge is -2.08. The molecule has 0 saturated carbocycles. The molecule has 0 aliphatic heterocycles. The molecule has 0 aliphatic rings. The van der Waals surface area contributed by atoms with Crippen molar-refractivity contribution in [1.29, 1.82) is 0 Å². The highest BCUT2D eigenvalue weighted by Crippen LogP contribution is 2.10. The quantitative estimate of drug-likeness (QED) is 0.820. The summed E-state index contributed by atoms with van der Waals surface area (Å²) in [6, 6.07) is 7.84. The van der Waals surface area contributed by atoms with Crippen LogP contribution in [0.25, 0.3) is 0 Å². The van der Waals surface area contributed by atoms with Crippen molar-refractivity contribution in [3.05, 3.63) is 29.8 Å². The van der Waals surface area contributed by atoms with E-state index in [2.05, 4.69) is 21.2 Å². The predicted molar refractivity (Wildman–Crippen MR) is 73.7 cm³/mol. The number of ether oxygens (including phenoxy) is 1. The molecule has 1 N–H and O–H groups in total. The number of benzene rings is 1. The van der Waals surface area contributed by atoms with Gasteiger partial charge in [-0.2, -0.15) is 0 Å². The Morgan fingerprint density at radius 2 is 2.00 bits per heavy atom. The van der Waals surface area contributed by atoms with E-state index >= 15 is 0 Å². The summed E-state index contributed by atoms with van der Waals surface area (Å²) in [4.78, 5) is 11.5. The summed E-state index contributed by atoms with van der Waals surface area (Å²) in [5.41, 5.74) is 2.05. The zero-order valence-electron chi connectivity index (χ0n) is 10.2. The second kappa shape index (κ2) is 7.45. The number of aryl methyl sites for hydroxylation is 1. The molecule has 1 aromatic rings. The molecule has 1 rings (SSSR count). The third kappa shape index (κ3) is 5.84. The van der Waals surface area contributed by atoms with Gasteiger partial charge in [0.05, 0.1) is 6.10 Å². The number of halogens is 1. The number of amides is 1. The summed E-state index contributed by atoms with van der Waals surface area (Å²) < 4.78 is 5.22. The second-order valence-corrected chi connectivity index (χ2v) is 4.84. The van der Waals surface area contributed by atoms with E-state index in [9.17, 15) is 4.79 Å². The minimum atomic E-state index is -0.119. The Bertz CT molecular complexity index is 349. The van der Waals surface area contributed by atoms with E-state index in [1.807, 2.05) is 38.1 Å². The van der Waals surface area contributed by atoms with Gasteiger partial charge in [-0.05, 0) is 38.0 Å². The number of anilines is 1. The van der Waals surface area contributed by atoms with Gasteiger partial charge in [-0.1, -0.05) is 28.1 Å². The van der Waals surface area contributed by atoms with Crippen molar-refractivity contribution >= 4 is 27.5 Å². The monoisotopic (exact) mass is 299 g/mol. The number of alkyl halides is 1. The van der Waals surface area contributed by atoms with Crippen molar-refractivity contribution in [2.75, 3.05) is 17.3 Å². The van der Waals surface area contributed by atoms with E-state index in [1.54, 1.807) is 0 Å². The van der Waals surface area contributed by atoms with Crippen LogP contribution in [0.3, 0.4) is 0 Å². The topological polar surface area (TPSA) is 38.3 Å². The number of hydrogen-bond acceptors (Lipinski definition) is 2. The maximum atomic E-state index is 11.5. The summed E-state index contributed by atoms with van der Waals surface area (Å²) in [5.74, 6) is -0.119. The first-order chi connectivity index (χ1) is 8.11. The van der Waals surface area contributed by atoms with E-state index in [-0.39, 0.29) is 18.6 Å². The molecule has 0 saturated heterocycles. The normalized spacial score (nSPS) is 10.6. The average molecular weight is 300 g/mol. The molecule has 0 unspecified atom stereocenters. The fourth-order valence-electron chi connectivity index (χ4n) is 1.30. The second-order valence-electron chi connectivity index (χ2n) is 4.04. The maximum absolute atomic E-state index is 11.5. The highest BCUT2D eigenvalue weighted by Gasteiger charge is 2.03. The van der Waals surface area contributed by atoms with E-state index in [0.717, 1.165) is 17.4 Å². The SMILES string of the molecule is CC(C)OCC(=O)Nc1ccc(CCBr)cc1. The number of hydrogen-bond donors (Lipinski definition) is 1. The summed E-state index contributed by atoms with van der Waals surface area (Å²) in [6.07, 6.45) is 1.06. The summed E-state index contributed by atoms with van der Waals surface area (Å²) in [6.45, 7) is 3.91. The maximum Gasteiger partial charge on any atom is 0.250 e. The molecule has 0 atom stereocenters. The first-order valence-electron chi connectivity index (χ1n) is 5.68. The fraction of sp³-hybridized carbons (Fsp3) is 0.462. The lowest BCUT2D eigenvalue weighted by Crippen LogP contribution is -2.20. The zero-order valence-corrected chi connectivity index (χ0v) is 11.8. The van der Waals surface area contributed by atoms with Crippen LogP contribution < -0.4 is 5.32 Å². The zero-order chi connectivity index (χ0) is 12.7. The summed E-state index contributed by atoms with van der Waals surface area (Å²) in [7, 11) is 0. The van der Waals surface area contributed by atoms with E-state index in [0.29, 0.717) is 0 Å². The predicted octanol–water partition coefficient (Wildman–Crippen LogP) is 2.99.